The summed E-state index contributed by atoms with van der Waals surface area (Å²) in [6.45, 7) is 7.42. The molecule has 0 aromatic heterocycles. The number of ether oxygens (including phenoxy) is 4. The first-order valence-corrected chi connectivity index (χ1v) is 50.1. The summed E-state index contributed by atoms with van der Waals surface area (Å²) < 4.78 is 69.1. The second kappa shape index (κ2) is 83.5. The smallest absolute Gasteiger partial charge is 0.462 e. The van der Waals surface area contributed by atoms with Crippen molar-refractivity contribution in [1.82, 2.24) is 0 Å². The van der Waals surface area contributed by atoms with Gasteiger partial charge in [-0.2, -0.15) is 0 Å². The van der Waals surface area contributed by atoms with E-state index in [9.17, 15) is 43.2 Å². The topological polar surface area (TPSA) is 237 Å². The number of phosphoric ester groups is 2. The molecule has 110 heavy (non-hydrogen) atoms. The molecule has 0 amide bonds. The van der Waals surface area contributed by atoms with Crippen LogP contribution in [0.5, 0.6) is 0 Å². The van der Waals surface area contributed by atoms with Crippen molar-refractivity contribution >= 4 is 39.5 Å². The lowest BCUT2D eigenvalue weighted by Gasteiger charge is -2.21. The average molecular weight is 1610 g/mol. The molecule has 3 N–H and O–H groups in total. The van der Waals surface area contributed by atoms with Crippen LogP contribution in [0.25, 0.3) is 0 Å². The minimum Gasteiger partial charge on any atom is -0.462 e. The monoisotopic (exact) mass is 1610 g/mol. The minimum absolute atomic E-state index is 0.109. The molecule has 0 aliphatic rings. The highest BCUT2D eigenvalue weighted by atomic mass is 31.2. The van der Waals surface area contributed by atoms with Crippen LogP contribution in [0.1, 0.15) is 497 Å². The summed E-state index contributed by atoms with van der Waals surface area (Å²) in [7, 11) is -9.94. The predicted molar refractivity (Wildman–Crippen MR) is 455 cm³/mol. The van der Waals surface area contributed by atoms with Gasteiger partial charge in [0.2, 0.25) is 0 Å². The summed E-state index contributed by atoms with van der Waals surface area (Å²) in [6.07, 6.45) is 79.2. The molecule has 0 aromatic carbocycles. The molecule has 0 heterocycles. The highest BCUT2D eigenvalue weighted by molar-refractivity contribution is 7.47. The van der Waals surface area contributed by atoms with Gasteiger partial charge in [0, 0.05) is 25.7 Å². The SMILES string of the molecule is CCCCCCCCCCCCCCCCCCCCCCCCC(=O)O[C@H](COC(=O)CCCCCCCCCCCCCCCCCCCC)COP(=O)(O)OC[C@@H](O)COP(=O)(O)OC[C@@H](COC(=O)CCCCCCCCCCCCCCC)OC(=O)CCCCCCCCCCCCCCCCC(C)C. The van der Waals surface area contributed by atoms with Crippen LogP contribution in [0, 0.1) is 5.92 Å². The Morgan fingerprint density at radius 2 is 0.418 bits per heavy atom. The van der Waals surface area contributed by atoms with E-state index in [2.05, 4.69) is 34.6 Å². The van der Waals surface area contributed by atoms with E-state index in [-0.39, 0.29) is 25.7 Å². The van der Waals surface area contributed by atoms with Gasteiger partial charge >= 0.3 is 39.5 Å². The highest BCUT2D eigenvalue weighted by Crippen LogP contribution is 2.45. The van der Waals surface area contributed by atoms with Crippen LogP contribution in [0.2, 0.25) is 0 Å². The van der Waals surface area contributed by atoms with Crippen molar-refractivity contribution in [3.63, 3.8) is 0 Å². The largest absolute Gasteiger partial charge is 0.472 e. The van der Waals surface area contributed by atoms with Gasteiger partial charge in [0.1, 0.15) is 19.3 Å². The summed E-state index contributed by atoms with van der Waals surface area (Å²) in [5, 5.41) is 10.7. The minimum atomic E-state index is -4.97. The fraction of sp³-hybridized carbons (Fsp3) is 0.956. The zero-order chi connectivity index (χ0) is 80.4. The van der Waals surface area contributed by atoms with Crippen molar-refractivity contribution in [2.45, 2.75) is 515 Å². The van der Waals surface area contributed by atoms with Gasteiger partial charge in [-0.25, -0.2) is 9.13 Å². The van der Waals surface area contributed by atoms with Crippen LogP contribution >= 0.6 is 15.6 Å². The van der Waals surface area contributed by atoms with Gasteiger partial charge in [0.25, 0.3) is 0 Å². The van der Waals surface area contributed by atoms with Crippen LogP contribution in [0.15, 0.2) is 0 Å². The number of aliphatic hydroxyl groups excluding tert-OH is 1. The van der Waals surface area contributed by atoms with Crippen molar-refractivity contribution in [2.75, 3.05) is 39.6 Å². The Balaban J connectivity index is 5.25. The Hall–Kier alpha value is -1.94. The fourth-order valence-corrected chi connectivity index (χ4v) is 15.9. The van der Waals surface area contributed by atoms with Crippen LogP contribution in [0.4, 0.5) is 0 Å². The van der Waals surface area contributed by atoms with Crippen LogP contribution in [-0.2, 0) is 65.4 Å². The van der Waals surface area contributed by atoms with Crippen LogP contribution in [0.3, 0.4) is 0 Å². The standard InChI is InChI=1S/C91H178O17P2/c1-6-9-12-15-18-21-24-27-29-31-33-34-35-36-38-40-46-51-56-61-66-71-76-90(95)107-87(81-102-89(94)75-70-65-60-55-50-45-39-37-32-30-28-25-22-19-16-13-10-7-2)83-106-110(99,100)104-79-85(92)78-103-109(97,98)105-82-86(80-101-88(93)74-69-64-59-54-49-43-26-23-20-17-14-11-8-3)108-91(96)77-72-67-62-57-52-47-42-41-44-48-53-58-63-68-73-84(4)5/h84-87,92H,6-83H2,1-5H3,(H,97,98)(H,99,100)/t85-,86+,87+/m0/s1. The number of aliphatic hydroxyl groups is 1. The van der Waals surface area contributed by atoms with E-state index < -0.39 is 97.5 Å². The third kappa shape index (κ3) is 84.0. The summed E-state index contributed by atoms with van der Waals surface area (Å²) in [5.41, 5.74) is 0. The number of carbonyl (C=O) groups excluding carboxylic acids is 4. The Morgan fingerprint density at radius 3 is 0.618 bits per heavy atom. The fourth-order valence-electron chi connectivity index (χ4n) is 14.4. The van der Waals surface area contributed by atoms with Crippen molar-refractivity contribution in [3.8, 4) is 0 Å². The highest BCUT2D eigenvalue weighted by Gasteiger charge is 2.31. The summed E-state index contributed by atoms with van der Waals surface area (Å²) in [5.74, 6) is -1.30. The molecule has 0 saturated heterocycles. The van der Waals surface area contributed by atoms with Crippen LogP contribution in [-0.4, -0.2) is 96.7 Å². The predicted octanol–water partition coefficient (Wildman–Crippen LogP) is 28.3. The molecule has 0 rings (SSSR count). The Kier molecular flexibility index (Phi) is 82.1. The first kappa shape index (κ1) is 108. The third-order valence-corrected chi connectivity index (χ3v) is 23.4. The molecule has 0 saturated carbocycles. The molecule has 19 heteroatoms. The van der Waals surface area contributed by atoms with Gasteiger partial charge in [-0.05, 0) is 31.6 Å². The summed E-state index contributed by atoms with van der Waals surface area (Å²) >= 11 is 0. The van der Waals surface area contributed by atoms with E-state index in [4.69, 9.17) is 37.0 Å². The third-order valence-electron chi connectivity index (χ3n) is 21.5. The lowest BCUT2D eigenvalue weighted by molar-refractivity contribution is -0.161. The number of phosphoric acid groups is 2. The molecular weight excluding hydrogens is 1430 g/mol. The van der Waals surface area contributed by atoms with E-state index in [1.807, 2.05) is 0 Å². The van der Waals surface area contributed by atoms with Crippen LogP contribution < -0.4 is 0 Å². The lowest BCUT2D eigenvalue weighted by atomic mass is 10.0. The van der Waals surface area contributed by atoms with E-state index >= 15 is 0 Å². The Morgan fingerprint density at radius 1 is 0.245 bits per heavy atom. The number of hydrogen-bond acceptors (Lipinski definition) is 15. The van der Waals surface area contributed by atoms with Gasteiger partial charge in [-0.1, -0.05) is 446 Å². The second-order valence-electron chi connectivity index (χ2n) is 33.2. The summed E-state index contributed by atoms with van der Waals surface area (Å²) in [4.78, 5) is 73.4. The van der Waals surface area contributed by atoms with Crippen molar-refractivity contribution in [2.24, 2.45) is 5.92 Å². The molecule has 0 spiro atoms. The molecular formula is C91H178O17P2. The van der Waals surface area contributed by atoms with E-state index in [1.54, 1.807) is 0 Å². The first-order chi connectivity index (χ1) is 53.5. The Bertz CT molecular complexity index is 2080. The van der Waals surface area contributed by atoms with Crippen molar-refractivity contribution < 1.29 is 80.2 Å². The number of unbranched alkanes of at least 4 members (excludes halogenated alkanes) is 63. The van der Waals surface area contributed by atoms with Gasteiger partial charge in [-0.15, -0.1) is 0 Å². The zero-order valence-corrected chi connectivity index (χ0v) is 74.2. The van der Waals surface area contributed by atoms with Gasteiger partial charge in [-0.3, -0.25) is 37.3 Å². The van der Waals surface area contributed by atoms with E-state index in [0.29, 0.717) is 25.7 Å². The number of rotatable bonds is 91. The molecule has 0 aliphatic heterocycles. The molecule has 0 radical (unpaired) electrons. The number of hydrogen-bond donors (Lipinski definition) is 3. The van der Waals surface area contributed by atoms with Gasteiger partial charge in [0.05, 0.1) is 26.4 Å². The maximum Gasteiger partial charge on any atom is 0.472 e. The normalized spacial score (nSPS) is 13.7. The molecule has 654 valence electrons. The molecule has 0 bridgehead atoms. The quantitative estimate of drug-likeness (QED) is 0.0222. The molecule has 5 atom stereocenters. The molecule has 17 nitrogen and oxygen atoms in total. The number of esters is 4. The molecule has 0 fully saturated rings. The van der Waals surface area contributed by atoms with Crippen molar-refractivity contribution in [3.05, 3.63) is 0 Å². The lowest BCUT2D eigenvalue weighted by Crippen LogP contribution is -2.30. The molecule has 2 unspecified atom stereocenters. The Labute approximate surface area is 677 Å². The molecule has 0 aliphatic carbocycles. The van der Waals surface area contributed by atoms with E-state index in [0.717, 1.165) is 95.8 Å². The van der Waals surface area contributed by atoms with Gasteiger partial charge < -0.3 is 33.8 Å². The van der Waals surface area contributed by atoms with Crippen molar-refractivity contribution in [1.29, 1.82) is 0 Å². The second-order valence-corrected chi connectivity index (χ2v) is 36.1. The molecule has 0 aromatic rings. The average Bonchev–Trinajstić information content (AvgIpc) is 0.898. The first-order valence-electron chi connectivity index (χ1n) is 47.1. The zero-order valence-electron chi connectivity index (χ0n) is 72.4. The number of carbonyl (C=O) groups is 4. The summed E-state index contributed by atoms with van der Waals surface area (Å²) in [6, 6.07) is 0. The maximum atomic E-state index is 13.2. The van der Waals surface area contributed by atoms with Gasteiger partial charge in [0.15, 0.2) is 12.2 Å². The maximum absolute atomic E-state index is 13.2. The van der Waals surface area contributed by atoms with E-state index in [1.165, 1.54) is 321 Å².